The molecular formula is C28H31Cl2N3O4S. The highest BCUT2D eigenvalue weighted by molar-refractivity contribution is 7.92. The maximum absolute atomic E-state index is 13.8. The van der Waals surface area contributed by atoms with Gasteiger partial charge < -0.3 is 10.2 Å². The number of hydrogen-bond acceptors (Lipinski definition) is 4. The fourth-order valence-corrected chi connectivity index (χ4v) is 5.44. The quantitative estimate of drug-likeness (QED) is 0.326. The van der Waals surface area contributed by atoms with Gasteiger partial charge in [0, 0.05) is 12.6 Å². The Bertz CT molecular complexity index is 1360. The van der Waals surface area contributed by atoms with Gasteiger partial charge in [-0.3, -0.25) is 13.9 Å². The number of sulfonamides is 1. The predicted octanol–water partition coefficient (Wildman–Crippen LogP) is 5.52. The second kappa shape index (κ2) is 13.1. The van der Waals surface area contributed by atoms with Crippen LogP contribution >= 0.6 is 23.2 Å². The van der Waals surface area contributed by atoms with E-state index in [0.717, 1.165) is 16.3 Å². The topological polar surface area (TPSA) is 86.8 Å². The summed E-state index contributed by atoms with van der Waals surface area (Å²) >= 11 is 12.3. The molecule has 3 aromatic rings. The Balaban J connectivity index is 2.02. The van der Waals surface area contributed by atoms with Crippen molar-refractivity contribution >= 4 is 50.7 Å². The molecular weight excluding hydrogens is 545 g/mol. The molecule has 0 fully saturated rings. The van der Waals surface area contributed by atoms with Gasteiger partial charge in [0.25, 0.3) is 10.0 Å². The third-order valence-corrected chi connectivity index (χ3v) is 8.69. The number of hydrogen-bond donors (Lipinski definition) is 1. The Morgan fingerprint density at radius 3 is 2.08 bits per heavy atom. The van der Waals surface area contributed by atoms with E-state index in [1.165, 1.54) is 35.2 Å². The molecule has 3 aromatic carbocycles. The van der Waals surface area contributed by atoms with Crippen molar-refractivity contribution in [2.75, 3.05) is 10.8 Å². The maximum atomic E-state index is 13.8. The Morgan fingerprint density at radius 2 is 1.50 bits per heavy atom. The number of benzene rings is 3. The minimum absolute atomic E-state index is 0.0102. The fourth-order valence-electron chi connectivity index (χ4n) is 3.72. The number of carbonyl (C=O) groups is 2. The molecule has 202 valence electrons. The van der Waals surface area contributed by atoms with Crippen LogP contribution < -0.4 is 9.62 Å². The summed E-state index contributed by atoms with van der Waals surface area (Å²) in [6, 6.07) is 20.5. The Labute approximate surface area is 234 Å². The summed E-state index contributed by atoms with van der Waals surface area (Å²) in [6.45, 7) is 5.03. The first-order valence-electron chi connectivity index (χ1n) is 12.2. The zero-order chi connectivity index (χ0) is 27.9. The molecule has 0 spiro atoms. The van der Waals surface area contributed by atoms with E-state index >= 15 is 0 Å². The summed E-state index contributed by atoms with van der Waals surface area (Å²) in [6.07, 6.45) is 0.728. The monoisotopic (exact) mass is 575 g/mol. The maximum Gasteiger partial charge on any atom is 0.264 e. The summed E-state index contributed by atoms with van der Waals surface area (Å²) in [5, 5.41) is 3.30. The highest BCUT2D eigenvalue weighted by Gasteiger charge is 2.33. The zero-order valence-corrected chi connectivity index (χ0v) is 23.8. The Hall–Kier alpha value is -3.07. The molecule has 3 rings (SSSR count). The van der Waals surface area contributed by atoms with Crippen LogP contribution in [0.3, 0.4) is 0 Å². The first-order valence-corrected chi connectivity index (χ1v) is 14.4. The van der Waals surface area contributed by atoms with E-state index in [-0.39, 0.29) is 39.1 Å². The fraction of sp³-hybridized carbons (Fsp3) is 0.286. The first kappa shape index (κ1) is 29.5. The molecule has 0 aliphatic heterocycles. The van der Waals surface area contributed by atoms with E-state index in [1.807, 2.05) is 44.2 Å². The number of carbonyl (C=O) groups excluding carboxylic acids is 2. The lowest BCUT2D eigenvalue weighted by Gasteiger charge is -2.32. The van der Waals surface area contributed by atoms with Crippen molar-refractivity contribution < 1.29 is 18.0 Å². The van der Waals surface area contributed by atoms with Crippen LogP contribution in [0.15, 0.2) is 83.8 Å². The molecule has 7 nitrogen and oxygen atoms in total. The number of nitrogens with one attached hydrogen (secondary N) is 1. The summed E-state index contributed by atoms with van der Waals surface area (Å²) in [7, 11) is -4.17. The van der Waals surface area contributed by atoms with Crippen molar-refractivity contribution in [2.45, 2.75) is 50.7 Å². The molecule has 0 unspecified atom stereocenters. The normalized spacial score (nSPS) is 12.9. The van der Waals surface area contributed by atoms with Gasteiger partial charge in [0.2, 0.25) is 11.8 Å². The van der Waals surface area contributed by atoms with Crippen LogP contribution in [0.4, 0.5) is 5.69 Å². The number of anilines is 1. The second-order valence-electron chi connectivity index (χ2n) is 8.92. The van der Waals surface area contributed by atoms with Gasteiger partial charge in [-0.2, -0.15) is 0 Å². The SMILES string of the molecule is CC[C@@H](C)NC(=O)[C@H](C)N(Cc1ccccc1)C(=O)CN(c1ccc(Cl)c(Cl)c1)S(=O)(=O)c1ccccc1. The Morgan fingerprint density at radius 1 is 0.895 bits per heavy atom. The van der Waals surface area contributed by atoms with Crippen LogP contribution in [0.25, 0.3) is 0 Å². The molecule has 0 radical (unpaired) electrons. The molecule has 0 aromatic heterocycles. The van der Waals surface area contributed by atoms with E-state index in [2.05, 4.69) is 5.32 Å². The average Bonchev–Trinajstić information content (AvgIpc) is 2.92. The van der Waals surface area contributed by atoms with Crippen molar-refractivity contribution in [3.63, 3.8) is 0 Å². The molecule has 0 bridgehead atoms. The number of halogens is 2. The van der Waals surface area contributed by atoms with Crippen molar-refractivity contribution in [3.05, 3.63) is 94.5 Å². The van der Waals surface area contributed by atoms with E-state index in [9.17, 15) is 18.0 Å². The third kappa shape index (κ3) is 7.28. The van der Waals surface area contributed by atoms with E-state index in [1.54, 1.807) is 25.1 Å². The van der Waals surface area contributed by atoms with Crippen molar-refractivity contribution in [1.29, 1.82) is 0 Å². The van der Waals surface area contributed by atoms with Crippen LogP contribution in [0.2, 0.25) is 10.0 Å². The number of nitrogens with zero attached hydrogens (tertiary/aromatic N) is 2. The molecule has 0 aliphatic carbocycles. The standard InChI is InChI=1S/C28H31Cl2N3O4S/c1-4-20(2)31-28(35)21(3)32(18-22-11-7-5-8-12-22)27(34)19-33(23-15-16-25(29)26(30)17-23)38(36,37)24-13-9-6-10-14-24/h5-17,20-21H,4,18-19H2,1-3H3,(H,31,35)/t20-,21+/m1/s1. The van der Waals surface area contributed by atoms with Gasteiger partial charge in [-0.15, -0.1) is 0 Å². The highest BCUT2D eigenvalue weighted by atomic mass is 35.5. The highest BCUT2D eigenvalue weighted by Crippen LogP contribution is 2.30. The summed E-state index contributed by atoms with van der Waals surface area (Å²) < 4.78 is 28.5. The van der Waals surface area contributed by atoms with Gasteiger partial charge in [0.1, 0.15) is 12.6 Å². The minimum Gasteiger partial charge on any atom is -0.352 e. The lowest BCUT2D eigenvalue weighted by Crippen LogP contribution is -2.52. The van der Waals surface area contributed by atoms with Gasteiger partial charge >= 0.3 is 0 Å². The second-order valence-corrected chi connectivity index (χ2v) is 11.6. The molecule has 2 atom stereocenters. The van der Waals surface area contributed by atoms with Gasteiger partial charge in [-0.05, 0) is 56.2 Å². The molecule has 1 N–H and O–H groups in total. The summed E-state index contributed by atoms with van der Waals surface area (Å²) in [5.74, 6) is -0.873. The van der Waals surface area contributed by atoms with E-state index in [4.69, 9.17) is 23.2 Å². The molecule has 2 amide bonds. The molecule has 0 heterocycles. The lowest BCUT2D eigenvalue weighted by molar-refractivity contribution is -0.139. The third-order valence-electron chi connectivity index (χ3n) is 6.17. The van der Waals surface area contributed by atoms with Crippen LogP contribution in [0.5, 0.6) is 0 Å². The van der Waals surface area contributed by atoms with Crippen molar-refractivity contribution in [3.8, 4) is 0 Å². The van der Waals surface area contributed by atoms with Crippen molar-refractivity contribution in [1.82, 2.24) is 10.2 Å². The lowest BCUT2D eigenvalue weighted by atomic mass is 10.1. The van der Waals surface area contributed by atoms with E-state index < -0.39 is 28.5 Å². The van der Waals surface area contributed by atoms with Crippen LogP contribution in [0, 0.1) is 0 Å². The number of amides is 2. The van der Waals surface area contributed by atoms with Gasteiger partial charge in [0.15, 0.2) is 0 Å². The van der Waals surface area contributed by atoms with Crippen LogP contribution in [0.1, 0.15) is 32.8 Å². The first-order chi connectivity index (χ1) is 18.0. The van der Waals surface area contributed by atoms with Gasteiger partial charge in [-0.25, -0.2) is 8.42 Å². The summed E-state index contributed by atoms with van der Waals surface area (Å²) in [4.78, 5) is 28.3. The summed E-state index contributed by atoms with van der Waals surface area (Å²) in [5.41, 5.74) is 0.976. The molecule has 38 heavy (non-hydrogen) atoms. The van der Waals surface area contributed by atoms with Gasteiger partial charge in [0.05, 0.1) is 20.6 Å². The van der Waals surface area contributed by atoms with E-state index in [0.29, 0.717) is 0 Å². The van der Waals surface area contributed by atoms with Crippen LogP contribution in [-0.2, 0) is 26.2 Å². The minimum atomic E-state index is -4.17. The Kier molecular flexibility index (Phi) is 10.2. The largest absolute Gasteiger partial charge is 0.352 e. The zero-order valence-electron chi connectivity index (χ0n) is 21.5. The molecule has 0 saturated carbocycles. The van der Waals surface area contributed by atoms with Gasteiger partial charge in [-0.1, -0.05) is 78.7 Å². The molecule has 10 heteroatoms. The number of rotatable bonds is 11. The average molecular weight is 577 g/mol. The van der Waals surface area contributed by atoms with Crippen LogP contribution in [-0.4, -0.2) is 43.8 Å². The predicted molar refractivity (Wildman–Crippen MR) is 152 cm³/mol. The van der Waals surface area contributed by atoms with Crippen molar-refractivity contribution in [2.24, 2.45) is 0 Å². The smallest absolute Gasteiger partial charge is 0.264 e. The molecule has 0 saturated heterocycles. The molecule has 0 aliphatic rings.